The summed E-state index contributed by atoms with van der Waals surface area (Å²) in [6.45, 7) is 0. The van der Waals surface area contributed by atoms with Gasteiger partial charge < -0.3 is 0 Å². The van der Waals surface area contributed by atoms with E-state index in [-0.39, 0.29) is 0 Å². The second kappa shape index (κ2) is 3.58. The summed E-state index contributed by atoms with van der Waals surface area (Å²) in [4.78, 5) is 8.64. The maximum atomic E-state index is 5.92. The zero-order chi connectivity index (χ0) is 11.1. The van der Waals surface area contributed by atoms with Crippen molar-refractivity contribution >= 4 is 45.0 Å². The minimum Gasteiger partial charge on any atom is -0.255 e. The third-order valence-corrected chi connectivity index (χ3v) is 3.14. The molecule has 0 aliphatic carbocycles. The largest absolute Gasteiger partial charge is 0.255 e. The number of hydrogen-bond donors (Lipinski definition) is 0. The summed E-state index contributed by atoms with van der Waals surface area (Å²) in [5, 5.41) is 2.66. The highest BCUT2D eigenvalue weighted by Crippen LogP contribution is 2.28. The molecule has 2 nitrogen and oxygen atoms in total. The van der Waals surface area contributed by atoms with Crippen molar-refractivity contribution in [2.24, 2.45) is 0 Å². The third-order valence-electron chi connectivity index (χ3n) is 2.46. The molecule has 1 aromatic carbocycles. The minimum atomic E-state index is 0.325. The second-order valence-corrected chi connectivity index (χ2v) is 4.24. The van der Waals surface area contributed by atoms with Crippen LogP contribution in [0.25, 0.3) is 21.8 Å². The van der Waals surface area contributed by atoms with Gasteiger partial charge in [0, 0.05) is 17.0 Å². The van der Waals surface area contributed by atoms with E-state index in [1.165, 1.54) is 0 Å². The van der Waals surface area contributed by atoms with Crippen LogP contribution in [0.1, 0.15) is 0 Å². The molecule has 0 aliphatic rings. The second-order valence-electron chi connectivity index (χ2n) is 3.47. The lowest BCUT2D eigenvalue weighted by atomic mass is 10.1. The number of halogens is 2. The number of para-hydroxylation sites is 1. The Kier molecular flexibility index (Phi) is 2.20. The lowest BCUT2D eigenvalue weighted by molar-refractivity contribution is 1.38. The van der Waals surface area contributed by atoms with Crippen LogP contribution < -0.4 is 0 Å². The molecule has 16 heavy (non-hydrogen) atoms. The molecular formula is C12H6Cl2N2. The predicted octanol–water partition coefficient (Wildman–Crippen LogP) is 4.09. The van der Waals surface area contributed by atoms with Crippen LogP contribution in [-0.2, 0) is 0 Å². The molecule has 2 aromatic heterocycles. The van der Waals surface area contributed by atoms with Crippen molar-refractivity contribution in [3.05, 3.63) is 46.7 Å². The molecule has 0 unspecified atom stereocenters. The molecule has 0 aliphatic heterocycles. The van der Waals surface area contributed by atoms with Gasteiger partial charge in [0.05, 0.1) is 16.1 Å². The van der Waals surface area contributed by atoms with Gasteiger partial charge in [0.1, 0.15) is 5.15 Å². The van der Waals surface area contributed by atoms with Gasteiger partial charge in [-0.25, -0.2) is 4.98 Å². The lowest BCUT2D eigenvalue weighted by Gasteiger charge is -2.03. The zero-order valence-corrected chi connectivity index (χ0v) is 9.63. The summed E-state index contributed by atoms with van der Waals surface area (Å²) in [7, 11) is 0. The SMILES string of the molecule is Clc1cc2cnc3ccccc3c2nc1Cl. The highest BCUT2D eigenvalue weighted by molar-refractivity contribution is 6.41. The highest BCUT2D eigenvalue weighted by Gasteiger charge is 2.06. The zero-order valence-electron chi connectivity index (χ0n) is 8.11. The fourth-order valence-corrected chi connectivity index (χ4v) is 2.02. The van der Waals surface area contributed by atoms with Crippen LogP contribution in [0.3, 0.4) is 0 Å². The molecule has 0 fully saturated rings. The van der Waals surface area contributed by atoms with E-state index in [0.29, 0.717) is 10.2 Å². The molecule has 0 amide bonds. The lowest BCUT2D eigenvalue weighted by Crippen LogP contribution is -1.86. The van der Waals surface area contributed by atoms with Gasteiger partial charge in [-0.05, 0) is 12.1 Å². The standard InChI is InChI=1S/C12H6Cl2N2/c13-9-5-7-6-15-10-4-2-1-3-8(10)11(7)16-12(9)14/h1-6H. The van der Waals surface area contributed by atoms with Crippen LogP contribution in [0.2, 0.25) is 10.2 Å². The van der Waals surface area contributed by atoms with Crippen molar-refractivity contribution in [3.63, 3.8) is 0 Å². The molecular weight excluding hydrogens is 243 g/mol. The Bertz CT molecular complexity index is 695. The molecule has 4 heteroatoms. The Morgan fingerprint density at radius 1 is 1.06 bits per heavy atom. The number of aromatic nitrogens is 2. The normalized spacial score (nSPS) is 11.1. The van der Waals surface area contributed by atoms with Crippen LogP contribution >= 0.6 is 23.2 Å². The van der Waals surface area contributed by atoms with E-state index in [9.17, 15) is 0 Å². The molecule has 78 valence electrons. The summed E-state index contributed by atoms with van der Waals surface area (Å²) in [5.41, 5.74) is 1.74. The van der Waals surface area contributed by atoms with Gasteiger partial charge in [0.2, 0.25) is 0 Å². The van der Waals surface area contributed by atoms with Gasteiger partial charge in [-0.3, -0.25) is 4.98 Å². The van der Waals surface area contributed by atoms with Crippen LogP contribution in [0, 0.1) is 0 Å². The summed E-state index contributed by atoms with van der Waals surface area (Å²) in [6, 6.07) is 9.60. The maximum absolute atomic E-state index is 5.92. The van der Waals surface area contributed by atoms with Gasteiger partial charge in [-0.15, -0.1) is 0 Å². The van der Waals surface area contributed by atoms with E-state index in [2.05, 4.69) is 9.97 Å². The average Bonchev–Trinajstić information content (AvgIpc) is 2.31. The quantitative estimate of drug-likeness (QED) is 0.443. The van der Waals surface area contributed by atoms with Crippen molar-refractivity contribution < 1.29 is 0 Å². The Morgan fingerprint density at radius 3 is 2.75 bits per heavy atom. The highest BCUT2D eigenvalue weighted by atomic mass is 35.5. The summed E-state index contributed by atoms with van der Waals surface area (Å²) >= 11 is 11.8. The molecule has 2 heterocycles. The van der Waals surface area contributed by atoms with E-state index in [4.69, 9.17) is 23.2 Å². The van der Waals surface area contributed by atoms with Crippen LogP contribution in [0.4, 0.5) is 0 Å². The minimum absolute atomic E-state index is 0.325. The molecule has 0 bridgehead atoms. The van der Waals surface area contributed by atoms with E-state index in [1.54, 1.807) is 12.3 Å². The Hall–Kier alpha value is -1.38. The number of fused-ring (bicyclic) bond motifs is 3. The van der Waals surface area contributed by atoms with Crippen LogP contribution in [0.5, 0.6) is 0 Å². The molecule has 0 saturated heterocycles. The molecule has 0 radical (unpaired) electrons. The molecule has 0 N–H and O–H groups in total. The van der Waals surface area contributed by atoms with Gasteiger partial charge in [-0.1, -0.05) is 41.4 Å². The van der Waals surface area contributed by atoms with E-state index in [1.807, 2.05) is 24.3 Å². The fourth-order valence-electron chi connectivity index (χ4n) is 1.72. The van der Waals surface area contributed by atoms with Crippen molar-refractivity contribution in [2.75, 3.05) is 0 Å². The van der Waals surface area contributed by atoms with Gasteiger partial charge >= 0.3 is 0 Å². The monoisotopic (exact) mass is 248 g/mol. The van der Waals surface area contributed by atoms with Crippen molar-refractivity contribution in [2.45, 2.75) is 0 Å². The molecule has 0 spiro atoms. The first-order chi connectivity index (χ1) is 7.75. The number of nitrogens with zero attached hydrogens (tertiary/aromatic N) is 2. The summed E-state index contributed by atoms with van der Waals surface area (Å²) in [6.07, 6.45) is 1.76. The van der Waals surface area contributed by atoms with E-state index >= 15 is 0 Å². The topological polar surface area (TPSA) is 25.8 Å². The first-order valence-electron chi connectivity index (χ1n) is 4.75. The summed E-state index contributed by atoms with van der Waals surface area (Å²) < 4.78 is 0. The van der Waals surface area contributed by atoms with Crippen LogP contribution in [0.15, 0.2) is 36.5 Å². The Balaban J connectivity index is 2.55. The van der Waals surface area contributed by atoms with Crippen molar-refractivity contribution in [3.8, 4) is 0 Å². The van der Waals surface area contributed by atoms with Gasteiger partial charge in [-0.2, -0.15) is 0 Å². The van der Waals surface area contributed by atoms with Gasteiger partial charge in [0.25, 0.3) is 0 Å². The number of benzene rings is 1. The number of hydrogen-bond acceptors (Lipinski definition) is 2. The van der Waals surface area contributed by atoms with E-state index < -0.39 is 0 Å². The van der Waals surface area contributed by atoms with Crippen LogP contribution in [-0.4, -0.2) is 9.97 Å². The predicted molar refractivity (Wildman–Crippen MR) is 67.1 cm³/mol. The fraction of sp³-hybridized carbons (Fsp3) is 0. The third kappa shape index (κ3) is 1.42. The first-order valence-corrected chi connectivity index (χ1v) is 5.51. The summed E-state index contributed by atoms with van der Waals surface area (Å²) in [5.74, 6) is 0. The molecule has 0 atom stereocenters. The van der Waals surface area contributed by atoms with E-state index in [0.717, 1.165) is 21.8 Å². The molecule has 3 rings (SSSR count). The van der Waals surface area contributed by atoms with Gasteiger partial charge in [0.15, 0.2) is 0 Å². The molecule has 3 aromatic rings. The Morgan fingerprint density at radius 2 is 1.88 bits per heavy atom. The number of pyridine rings is 2. The maximum Gasteiger partial charge on any atom is 0.148 e. The number of rotatable bonds is 0. The average molecular weight is 249 g/mol. The smallest absolute Gasteiger partial charge is 0.148 e. The van der Waals surface area contributed by atoms with Crippen molar-refractivity contribution in [1.82, 2.24) is 9.97 Å². The Labute approximate surface area is 102 Å². The van der Waals surface area contributed by atoms with Crippen molar-refractivity contribution in [1.29, 1.82) is 0 Å². The molecule has 0 saturated carbocycles. The first kappa shape index (κ1) is 9.82.